The maximum Gasteiger partial charge on any atom is 0.195 e. The molecule has 1 aromatic carbocycles. The second-order valence-corrected chi connectivity index (χ2v) is 4.70. The minimum atomic E-state index is 0.133. The maximum atomic E-state index is 6.00. The van der Waals surface area contributed by atoms with Crippen molar-refractivity contribution in [3.05, 3.63) is 28.1 Å². The first-order valence-electron chi connectivity index (χ1n) is 5.06. The molecule has 0 aliphatic carbocycles. The van der Waals surface area contributed by atoms with Gasteiger partial charge < -0.3 is 10.2 Å². The fourth-order valence-electron chi connectivity index (χ4n) is 1.46. The van der Waals surface area contributed by atoms with Gasteiger partial charge in [0.05, 0.1) is 5.02 Å². The lowest BCUT2D eigenvalue weighted by Gasteiger charge is -1.99. The average molecular weight is 259 g/mol. The molecule has 2 N–H and O–H groups in total. The van der Waals surface area contributed by atoms with E-state index in [-0.39, 0.29) is 6.04 Å². The van der Waals surface area contributed by atoms with E-state index in [0.29, 0.717) is 33.5 Å². The third-order valence-corrected chi connectivity index (χ3v) is 2.77. The molecule has 5 heteroatoms. The van der Waals surface area contributed by atoms with Crippen LogP contribution in [0.15, 0.2) is 16.5 Å². The third kappa shape index (κ3) is 2.48. The van der Waals surface area contributed by atoms with Gasteiger partial charge in [0.2, 0.25) is 0 Å². The molecule has 1 aromatic heterocycles. The van der Waals surface area contributed by atoms with Crippen LogP contribution < -0.4 is 5.73 Å². The second-order valence-electron chi connectivity index (χ2n) is 3.86. The van der Waals surface area contributed by atoms with Crippen molar-refractivity contribution in [1.82, 2.24) is 4.98 Å². The Morgan fingerprint density at radius 3 is 2.88 bits per heavy atom. The molecule has 16 heavy (non-hydrogen) atoms. The zero-order chi connectivity index (χ0) is 11.7. The van der Waals surface area contributed by atoms with Crippen LogP contribution in [0.4, 0.5) is 0 Å². The van der Waals surface area contributed by atoms with Gasteiger partial charge in [0, 0.05) is 17.5 Å². The molecule has 2 rings (SSSR count). The number of hydrogen-bond acceptors (Lipinski definition) is 3. The van der Waals surface area contributed by atoms with E-state index in [4.69, 9.17) is 33.4 Å². The molecule has 1 unspecified atom stereocenters. The summed E-state index contributed by atoms with van der Waals surface area (Å²) in [6, 6.07) is 3.52. The molecule has 0 aliphatic heterocycles. The molecular formula is C11H12Cl2N2O. The van der Waals surface area contributed by atoms with Crippen LogP contribution in [-0.2, 0) is 6.42 Å². The van der Waals surface area contributed by atoms with Gasteiger partial charge >= 0.3 is 0 Å². The summed E-state index contributed by atoms with van der Waals surface area (Å²) in [5.74, 6) is 0.650. The molecule has 0 radical (unpaired) electrons. The van der Waals surface area contributed by atoms with Gasteiger partial charge in [-0.2, -0.15) is 0 Å². The quantitative estimate of drug-likeness (QED) is 0.918. The Kier molecular flexibility index (Phi) is 3.38. The predicted molar refractivity (Wildman–Crippen MR) is 66.0 cm³/mol. The van der Waals surface area contributed by atoms with Crippen molar-refractivity contribution in [3.8, 4) is 0 Å². The summed E-state index contributed by atoms with van der Waals surface area (Å²) in [4.78, 5) is 4.32. The standard InChI is InChI=1S/C11H12Cl2N2O/c1-6(14)2-3-10-15-9-5-7(12)4-8(13)11(9)16-10/h4-6H,2-3,14H2,1H3. The van der Waals surface area contributed by atoms with Gasteiger partial charge in [-0.25, -0.2) is 4.98 Å². The van der Waals surface area contributed by atoms with Crippen molar-refractivity contribution >= 4 is 34.3 Å². The third-order valence-electron chi connectivity index (χ3n) is 2.27. The van der Waals surface area contributed by atoms with Gasteiger partial charge in [-0.3, -0.25) is 0 Å². The Labute approximate surface area is 104 Å². The number of halogens is 2. The maximum absolute atomic E-state index is 6.00. The first-order chi connectivity index (χ1) is 7.56. The summed E-state index contributed by atoms with van der Waals surface area (Å²) in [6.07, 6.45) is 1.54. The fraction of sp³-hybridized carbons (Fsp3) is 0.364. The highest BCUT2D eigenvalue weighted by Gasteiger charge is 2.10. The van der Waals surface area contributed by atoms with Crippen LogP contribution in [0, 0.1) is 0 Å². The fourth-order valence-corrected chi connectivity index (χ4v) is 1.99. The Morgan fingerprint density at radius 1 is 1.44 bits per heavy atom. The smallest absolute Gasteiger partial charge is 0.195 e. The first kappa shape index (κ1) is 11.7. The van der Waals surface area contributed by atoms with E-state index in [2.05, 4.69) is 4.98 Å². The zero-order valence-corrected chi connectivity index (χ0v) is 10.3. The van der Waals surface area contributed by atoms with Gasteiger partial charge in [-0.15, -0.1) is 0 Å². The highest BCUT2D eigenvalue weighted by Crippen LogP contribution is 2.28. The molecule has 0 amide bonds. The largest absolute Gasteiger partial charge is 0.439 e. The summed E-state index contributed by atoms with van der Waals surface area (Å²) in [6.45, 7) is 1.95. The van der Waals surface area contributed by atoms with E-state index in [1.807, 2.05) is 6.92 Å². The topological polar surface area (TPSA) is 52.0 Å². The molecule has 2 aromatic rings. The van der Waals surface area contributed by atoms with Gasteiger partial charge in [-0.1, -0.05) is 23.2 Å². The summed E-state index contributed by atoms with van der Waals surface area (Å²) in [5.41, 5.74) is 6.95. The lowest BCUT2D eigenvalue weighted by Crippen LogP contribution is -2.15. The van der Waals surface area contributed by atoms with Gasteiger partial charge in [0.15, 0.2) is 11.5 Å². The molecule has 0 saturated heterocycles. The van der Waals surface area contributed by atoms with Crippen molar-refractivity contribution in [2.45, 2.75) is 25.8 Å². The number of aromatic nitrogens is 1. The van der Waals surface area contributed by atoms with Crippen LogP contribution in [0.5, 0.6) is 0 Å². The number of hydrogen-bond donors (Lipinski definition) is 1. The molecule has 0 saturated carbocycles. The van der Waals surface area contributed by atoms with Crippen LogP contribution >= 0.6 is 23.2 Å². The summed E-state index contributed by atoms with van der Waals surface area (Å²) < 4.78 is 5.55. The molecule has 86 valence electrons. The number of rotatable bonds is 3. The molecule has 0 bridgehead atoms. The van der Waals surface area contributed by atoms with E-state index >= 15 is 0 Å². The zero-order valence-electron chi connectivity index (χ0n) is 8.84. The highest BCUT2D eigenvalue weighted by atomic mass is 35.5. The van der Waals surface area contributed by atoms with Gasteiger partial charge in [0.1, 0.15) is 5.52 Å². The average Bonchev–Trinajstić information content (AvgIpc) is 2.57. The minimum Gasteiger partial charge on any atom is -0.439 e. The summed E-state index contributed by atoms with van der Waals surface area (Å²) in [7, 11) is 0. The lowest BCUT2D eigenvalue weighted by atomic mass is 10.2. The van der Waals surface area contributed by atoms with Crippen LogP contribution in [0.2, 0.25) is 10.0 Å². The number of aryl methyl sites for hydroxylation is 1. The number of oxazole rings is 1. The highest BCUT2D eigenvalue weighted by molar-refractivity contribution is 6.37. The first-order valence-corrected chi connectivity index (χ1v) is 5.82. The van der Waals surface area contributed by atoms with E-state index < -0.39 is 0 Å². The van der Waals surface area contributed by atoms with E-state index in [0.717, 1.165) is 6.42 Å². The molecule has 0 fully saturated rings. The van der Waals surface area contributed by atoms with Crippen molar-refractivity contribution in [3.63, 3.8) is 0 Å². The molecule has 1 atom stereocenters. The van der Waals surface area contributed by atoms with Crippen molar-refractivity contribution in [2.75, 3.05) is 0 Å². The summed E-state index contributed by atoms with van der Waals surface area (Å²) >= 11 is 11.9. The van der Waals surface area contributed by atoms with Crippen molar-refractivity contribution in [1.29, 1.82) is 0 Å². The Bertz CT molecular complexity index is 508. The Balaban J connectivity index is 2.33. The SMILES string of the molecule is CC(N)CCc1nc2cc(Cl)cc(Cl)c2o1. The van der Waals surface area contributed by atoms with Gasteiger partial charge in [-0.05, 0) is 25.5 Å². The summed E-state index contributed by atoms with van der Waals surface area (Å²) in [5, 5.41) is 1.05. The molecule has 0 aliphatic rings. The van der Waals surface area contributed by atoms with E-state index in [9.17, 15) is 0 Å². The van der Waals surface area contributed by atoms with Crippen LogP contribution in [0.25, 0.3) is 11.1 Å². The van der Waals surface area contributed by atoms with Crippen molar-refractivity contribution in [2.24, 2.45) is 5.73 Å². The van der Waals surface area contributed by atoms with E-state index in [1.165, 1.54) is 0 Å². The number of benzene rings is 1. The van der Waals surface area contributed by atoms with Crippen LogP contribution in [0.1, 0.15) is 19.2 Å². The normalized spacial score (nSPS) is 13.2. The minimum absolute atomic E-state index is 0.133. The lowest BCUT2D eigenvalue weighted by molar-refractivity contribution is 0.504. The molecule has 3 nitrogen and oxygen atoms in total. The van der Waals surface area contributed by atoms with Crippen LogP contribution in [-0.4, -0.2) is 11.0 Å². The van der Waals surface area contributed by atoms with Gasteiger partial charge in [0.25, 0.3) is 0 Å². The monoisotopic (exact) mass is 258 g/mol. The molecule has 0 spiro atoms. The number of nitrogens with zero attached hydrogens (tertiary/aromatic N) is 1. The number of nitrogens with two attached hydrogens (primary N) is 1. The molecule has 1 heterocycles. The van der Waals surface area contributed by atoms with Crippen molar-refractivity contribution < 1.29 is 4.42 Å². The van der Waals surface area contributed by atoms with E-state index in [1.54, 1.807) is 12.1 Å². The second kappa shape index (κ2) is 4.62. The van der Waals surface area contributed by atoms with Crippen LogP contribution in [0.3, 0.4) is 0 Å². The number of fused-ring (bicyclic) bond motifs is 1. The Morgan fingerprint density at radius 2 is 2.19 bits per heavy atom. The predicted octanol–water partition coefficient (Wildman–Crippen LogP) is 3.41. The molecular weight excluding hydrogens is 247 g/mol. The Hall–Kier alpha value is -0.770.